The fourth-order valence-electron chi connectivity index (χ4n) is 1.68. The van der Waals surface area contributed by atoms with Crippen LogP contribution in [0.15, 0.2) is 34.7 Å². The standard InChI is InChI=1S/C11H11O5P/c12-6-5-11(17(13,14)15)10-7-8-3-1-2-4-9(8)16-10/h1-4,6-7,11H,5H2,(H2,13,14,15). The third-order valence-electron chi connectivity index (χ3n) is 2.50. The second-order valence-electron chi connectivity index (χ2n) is 3.69. The Balaban J connectivity index is 2.49. The van der Waals surface area contributed by atoms with Crippen molar-refractivity contribution in [3.05, 3.63) is 36.1 Å². The van der Waals surface area contributed by atoms with Crippen LogP contribution in [0.5, 0.6) is 0 Å². The summed E-state index contributed by atoms with van der Waals surface area (Å²) in [4.78, 5) is 28.8. The molecule has 2 rings (SSSR count). The third-order valence-corrected chi connectivity index (χ3v) is 3.78. The van der Waals surface area contributed by atoms with Crippen LogP contribution in [0, 0.1) is 0 Å². The van der Waals surface area contributed by atoms with Crippen LogP contribution in [0.4, 0.5) is 0 Å². The zero-order chi connectivity index (χ0) is 12.5. The van der Waals surface area contributed by atoms with E-state index in [4.69, 9.17) is 4.42 Å². The zero-order valence-electron chi connectivity index (χ0n) is 8.81. The number of aldehydes is 1. The highest BCUT2D eigenvalue weighted by atomic mass is 31.2. The summed E-state index contributed by atoms with van der Waals surface area (Å²) in [7, 11) is -4.39. The summed E-state index contributed by atoms with van der Waals surface area (Å²) in [6.45, 7) is 0. The molecule has 1 aromatic carbocycles. The average molecular weight is 254 g/mol. The molecule has 0 radical (unpaired) electrons. The van der Waals surface area contributed by atoms with E-state index in [0.29, 0.717) is 11.9 Å². The van der Waals surface area contributed by atoms with Gasteiger partial charge in [-0.3, -0.25) is 4.57 Å². The summed E-state index contributed by atoms with van der Waals surface area (Å²) < 4.78 is 16.6. The van der Waals surface area contributed by atoms with Gasteiger partial charge >= 0.3 is 7.60 Å². The summed E-state index contributed by atoms with van der Waals surface area (Å²) in [5.74, 6) is 0.145. The maximum atomic E-state index is 11.3. The van der Waals surface area contributed by atoms with Crippen molar-refractivity contribution in [3.63, 3.8) is 0 Å². The summed E-state index contributed by atoms with van der Waals surface area (Å²) in [6, 6.07) is 8.61. The van der Waals surface area contributed by atoms with Gasteiger partial charge in [-0.1, -0.05) is 18.2 Å². The van der Waals surface area contributed by atoms with Crippen molar-refractivity contribution >= 4 is 24.9 Å². The first-order valence-corrected chi connectivity index (χ1v) is 6.68. The normalized spacial score (nSPS) is 13.8. The Hall–Kier alpha value is -1.42. The molecule has 0 bridgehead atoms. The van der Waals surface area contributed by atoms with Crippen molar-refractivity contribution in [2.75, 3.05) is 0 Å². The van der Waals surface area contributed by atoms with E-state index >= 15 is 0 Å². The first kappa shape index (κ1) is 12.0. The predicted molar refractivity (Wildman–Crippen MR) is 61.7 cm³/mol. The molecule has 2 N–H and O–H groups in total. The Labute approximate surface area is 97.2 Å². The molecule has 0 saturated heterocycles. The number of furan rings is 1. The van der Waals surface area contributed by atoms with Gasteiger partial charge in [0.1, 0.15) is 23.3 Å². The largest absolute Gasteiger partial charge is 0.460 e. The Morgan fingerprint density at radius 3 is 2.65 bits per heavy atom. The highest BCUT2D eigenvalue weighted by Gasteiger charge is 2.32. The number of carbonyl (C=O) groups is 1. The number of para-hydroxylation sites is 1. The number of carbonyl (C=O) groups excluding carboxylic acids is 1. The minimum atomic E-state index is -4.39. The van der Waals surface area contributed by atoms with Gasteiger partial charge in [-0.05, 0) is 12.1 Å². The highest BCUT2D eigenvalue weighted by molar-refractivity contribution is 7.52. The van der Waals surface area contributed by atoms with E-state index < -0.39 is 13.3 Å². The second-order valence-corrected chi connectivity index (χ2v) is 5.50. The Morgan fingerprint density at radius 2 is 2.06 bits per heavy atom. The molecule has 90 valence electrons. The van der Waals surface area contributed by atoms with Crippen LogP contribution in [-0.4, -0.2) is 16.1 Å². The van der Waals surface area contributed by atoms with Crippen molar-refractivity contribution < 1.29 is 23.6 Å². The lowest BCUT2D eigenvalue weighted by Gasteiger charge is -2.12. The Bertz CT molecular complexity index is 549. The Morgan fingerprint density at radius 1 is 1.35 bits per heavy atom. The average Bonchev–Trinajstić information content (AvgIpc) is 2.67. The predicted octanol–water partition coefficient (Wildman–Crippen LogP) is 2.24. The molecule has 5 nitrogen and oxygen atoms in total. The van der Waals surface area contributed by atoms with Crippen LogP contribution in [0.1, 0.15) is 17.8 Å². The maximum Gasteiger partial charge on any atom is 0.336 e. The number of rotatable bonds is 4. The van der Waals surface area contributed by atoms with Gasteiger partial charge in [0.15, 0.2) is 0 Å². The Kier molecular flexibility index (Phi) is 3.15. The van der Waals surface area contributed by atoms with Crippen molar-refractivity contribution in [2.24, 2.45) is 0 Å². The van der Waals surface area contributed by atoms with Crippen LogP contribution < -0.4 is 0 Å². The van der Waals surface area contributed by atoms with E-state index in [1.165, 1.54) is 0 Å². The number of hydrogen-bond acceptors (Lipinski definition) is 3. The van der Waals surface area contributed by atoms with Gasteiger partial charge in [0.05, 0.1) is 0 Å². The van der Waals surface area contributed by atoms with Crippen LogP contribution in [0.3, 0.4) is 0 Å². The summed E-state index contributed by atoms with van der Waals surface area (Å²) in [5, 5.41) is 0.756. The van der Waals surface area contributed by atoms with Gasteiger partial charge in [0.2, 0.25) is 0 Å². The van der Waals surface area contributed by atoms with Gasteiger partial charge in [-0.15, -0.1) is 0 Å². The summed E-state index contributed by atoms with van der Waals surface area (Å²) in [5.41, 5.74) is -0.653. The lowest BCUT2D eigenvalue weighted by Crippen LogP contribution is -1.99. The molecule has 2 aromatic rings. The van der Waals surface area contributed by atoms with E-state index in [0.717, 1.165) is 5.39 Å². The van der Waals surface area contributed by atoms with Crippen molar-refractivity contribution in [2.45, 2.75) is 12.1 Å². The monoisotopic (exact) mass is 254 g/mol. The van der Waals surface area contributed by atoms with Gasteiger partial charge in [-0.25, -0.2) is 0 Å². The van der Waals surface area contributed by atoms with Crippen LogP contribution in [0.2, 0.25) is 0 Å². The minimum absolute atomic E-state index is 0.145. The molecule has 1 heterocycles. The van der Waals surface area contributed by atoms with E-state index in [1.807, 2.05) is 0 Å². The molecule has 1 aromatic heterocycles. The molecule has 0 amide bonds. The molecule has 1 atom stereocenters. The molecular weight excluding hydrogens is 243 g/mol. The van der Waals surface area contributed by atoms with E-state index in [9.17, 15) is 19.1 Å². The fraction of sp³-hybridized carbons (Fsp3) is 0.182. The van der Waals surface area contributed by atoms with E-state index in [2.05, 4.69) is 0 Å². The summed E-state index contributed by atoms with van der Waals surface area (Å²) in [6.07, 6.45) is 0.223. The number of hydrogen-bond donors (Lipinski definition) is 2. The van der Waals surface area contributed by atoms with Gasteiger partial charge in [0.25, 0.3) is 0 Å². The van der Waals surface area contributed by atoms with E-state index in [1.54, 1.807) is 30.3 Å². The molecule has 0 aliphatic heterocycles. The van der Waals surface area contributed by atoms with Crippen LogP contribution >= 0.6 is 7.60 Å². The number of fused-ring (bicyclic) bond motifs is 1. The molecule has 0 aliphatic carbocycles. The first-order valence-electron chi connectivity index (χ1n) is 4.99. The molecule has 17 heavy (non-hydrogen) atoms. The fourth-order valence-corrected chi connectivity index (χ4v) is 2.50. The topological polar surface area (TPSA) is 87.7 Å². The highest BCUT2D eigenvalue weighted by Crippen LogP contribution is 2.54. The van der Waals surface area contributed by atoms with E-state index in [-0.39, 0.29) is 12.2 Å². The minimum Gasteiger partial charge on any atom is -0.460 e. The van der Waals surface area contributed by atoms with Crippen LogP contribution in [-0.2, 0) is 9.36 Å². The number of benzene rings is 1. The van der Waals surface area contributed by atoms with Gasteiger partial charge in [0, 0.05) is 11.8 Å². The van der Waals surface area contributed by atoms with Gasteiger partial charge < -0.3 is 19.0 Å². The molecule has 0 aliphatic rings. The maximum absolute atomic E-state index is 11.3. The SMILES string of the molecule is O=CCC(c1cc2ccccc2o1)P(=O)(O)O. The molecular formula is C11H11O5P. The van der Waals surface area contributed by atoms with Gasteiger partial charge in [-0.2, -0.15) is 0 Å². The molecule has 0 spiro atoms. The van der Waals surface area contributed by atoms with Crippen molar-refractivity contribution in [1.29, 1.82) is 0 Å². The zero-order valence-corrected chi connectivity index (χ0v) is 9.71. The molecule has 0 saturated carbocycles. The quantitative estimate of drug-likeness (QED) is 0.645. The lowest BCUT2D eigenvalue weighted by atomic mass is 10.2. The molecule has 0 fully saturated rings. The van der Waals surface area contributed by atoms with Crippen molar-refractivity contribution in [1.82, 2.24) is 0 Å². The van der Waals surface area contributed by atoms with Crippen LogP contribution in [0.25, 0.3) is 11.0 Å². The lowest BCUT2D eigenvalue weighted by molar-refractivity contribution is -0.108. The first-order chi connectivity index (χ1) is 8.02. The molecule has 1 unspecified atom stereocenters. The summed E-state index contributed by atoms with van der Waals surface area (Å²) >= 11 is 0. The third kappa shape index (κ3) is 2.47. The second kappa shape index (κ2) is 4.45. The van der Waals surface area contributed by atoms with Crippen molar-refractivity contribution in [3.8, 4) is 0 Å². The molecule has 6 heteroatoms. The smallest absolute Gasteiger partial charge is 0.336 e.